The lowest BCUT2D eigenvalue weighted by atomic mass is 10.1. The first-order valence-electron chi connectivity index (χ1n) is 12.2. The number of ether oxygens (including phenoxy) is 1. The minimum atomic E-state index is -0.706. The van der Waals surface area contributed by atoms with Gasteiger partial charge in [0.25, 0.3) is 0 Å². The Morgan fingerprint density at radius 1 is 0.824 bits per heavy atom. The van der Waals surface area contributed by atoms with E-state index in [-0.39, 0.29) is 31.0 Å². The molecule has 0 saturated carbocycles. The molecule has 34 heavy (non-hydrogen) atoms. The summed E-state index contributed by atoms with van der Waals surface area (Å²) >= 11 is 0. The molecule has 0 fully saturated rings. The maximum atomic E-state index is 10.8. The fourth-order valence-electron chi connectivity index (χ4n) is 3.24. The molecule has 0 bridgehead atoms. The molecule has 1 heterocycles. The van der Waals surface area contributed by atoms with Crippen molar-refractivity contribution < 1.29 is 24.5 Å². The molecule has 0 amide bonds. The Morgan fingerprint density at radius 2 is 1.29 bits per heavy atom. The first kappa shape index (κ1) is 29.2. The lowest BCUT2D eigenvalue weighted by Gasteiger charge is -2.14. The summed E-state index contributed by atoms with van der Waals surface area (Å²) in [5, 5.41) is 19.2. The van der Waals surface area contributed by atoms with Gasteiger partial charge in [-0.3, -0.25) is 9.59 Å². The first-order valence-corrected chi connectivity index (χ1v) is 12.2. The second-order valence-corrected chi connectivity index (χ2v) is 8.51. The Bertz CT molecular complexity index is 973. The Balaban J connectivity index is 0.000000292. The number of nitrogens with zero attached hydrogens (tertiary/aromatic N) is 1. The molecule has 0 aliphatic carbocycles. The predicted molar refractivity (Wildman–Crippen MR) is 139 cm³/mol. The number of aliphatic hydroxyl groups excluding tert-OH is 1. The summed E-state index contributed by atoms with van der Waals surface area (Å²) in [5.41, 5.74) is 2.70. The van der Waals surface area contributed by atoms with Gasteiger partial charge in [0.2, 0.25) is 0 Å². The number of carboxylic acids is 1. The predicted octanol–water partition coefficient (Wildman–Crippen LogP) is 6.45. The van der Waals surface area contributed by atoms with E-state index < -0.39 is 5.97 Å². The fraction of sp³-hybridized carbons (Fsp3) is 0.500. The zero-order chi connectivity index (χ0) is 25.7. The summed E-state index contributed by atoms with van der Waals surface area (Å²) < 4.78 is 7.12. The normalized spacial score (nSPS) is 13.1. The Hall–Kier alpha value is -2.86. The van der Waals surface area contributed by atoms with Crippen molar-refractivity contribution in [1.82, 2.24) is 4.57 Å². The van der Waals surface area contributed by atoms with Crippen LogP contribution in [0.15, 0.2) is 48.5 Å². The van der Waals surface area contributed by atoms with E-state index in [2.05, 4.69) is 71.7 Å². The van der Waals surface area contributed by atoms with Crippen LogP contribution >= 0.6 is 0 Å². The van der Waals surface area contributed by atoms with E-state index in [0.29, 0.717) is 6.04 Å². The maximum absolute atomic E-state index is 10.8. The van der Waals surface area contributed by atoms with E-state index in [1.807, 2.05) is 13.8 Å². The number of benzene rings is 2. The number of hydrogen-bond acceptors (Lipinski definition) is 4. The molecule has 3 atom stereocenters. The van der Waals surface area contributed by atoms with Gasteiger partial charge in [-0.05, 0) is 38.3 Å². The standard InChI is InChI=1S/C16H17N.C7H14O3.C5H10O2/c1-3-12(2)17-15-10-6-4-8-13(15)14-9-5-7-11-16(14)17;1-3-6(2)7(9)10-5-4-8;1-3-4(2)5(6)7/h4-12H,3H2,1-2H3;6,8H,3-5H2,1-2H3;4H,3H2,1-2H3,(H,6,7). The van der Waals surface area contributed by atoms with Gasteiger partial charge in [-0.25, -0.2) is 0 Å². The fourth-order valence-corrected chi connectivity index (χ4v) is 3.24. The number of hydrogen-bond donors (Lipinski definition) is 2. The highest BCUT2D eigenvalue weighted by Gasteiger charge is 2.13. The minimum absolute atomic E-state index is 0.0495. The molecule has 0 spiro atoms. The molecule has 2 aromatic carbocycles. The number of esters is 1. The third kappa shape index (κ3) is 8.17. The number of fused-ring (bicyclic) bond motifs is 3. The second-order valence-electron chi connectivity index (χ2n) is 8.51. The van der Waals surface area contributed by atoms with Gasteiger partial charge in [-0.2, -0.15) is 0 Å². The van der Waals surface area contributed by atoms with Crippen LogP contribution in [0.3, 0.4) is 0 Å². The summed E-state index contributed by atoms with van der Waals surface area (Å²) in [7, 11) is 0. The van der Waals surface area contributed by atoms with Gasteiger partial charge in [0, 0.05) is 27.8 Å². The molecule has 6 nitrogen and oxygen atoms in total. The Morgan fingerprint density at radius 3 is 1.65 bits per heavy atom. The molecule has 0 saturated heterocycles. The third-order valence-corrected chi connectivity index (χ3v) is 6.03. The summed E-state index contributed by atoms with van der Waals surface area (Å²) in [6.07, 6.45) is 2.66. The van der Waals surface area contributed by atoms with E-state index in [0.717, 1.165) is 19.3 Å². The van der Waals surface area contributed by atoms with Crippen molar-refractivity contribution in [3.05, 3.63) is 48.5 Å². The highest BCUT2D eigenvalue weighted by molar-refractivity contribution is 6.08. The van der Waals surface area contributed by atoms with Crippen LogP contribution < -0.4 is 0 Å². The van der Waals surface area contributed by atoms with Gasteiger partial charge in [-0.1, -0.05) is 71.0 Å². The van der Waals surface area contributed by atoms with E-state index in [1.165, 1.54) is 21.8 Å². The second kappa shape index (κ2) is 15.1. The van der Waals surface area contributed by atoms with Crippen LogP contribution in [0.25, 0.3) is 21.8 Å². The lowest BCUT2D eigenvalue weighted by Crippen LogP contribution is -2.15. The topological polar surface area (TPSA) is 88.8 Å². The van der Waals surface area contributed by atoms with Gasteiger partial charge >= 0.3 is 11.9 Å². The van der Waals surface area contributed by atoms with Crippen LogP contribution in [-0.4, -0.2) is 39.9 Å². The van der Waals surface area contributed by atoms with Crippen LogP contribution in [0.2, 0.25) is 0 Å². The van der Waals surface area contributed by atoms with Crippen LogP contribution in [0, 0.1) is 11.8 Å². The van der Waals surface area contributed by atoms with Gasteiger partial charge in [0.1, 0.15) is 6.61 Å². The smallest absolute Gasteiger partial charge is 0.308 e. The monoisotopic (exact) mass is 471 g/mol. The average molecular weight is 472 g/mol. The number of aliphatic carboxylic acids is 1. The van der Waals surface area contributed by atoms with Crippen LogP contribution in [0.4, 0.5) is 0 Å². The van der Waals surface area contributed by atoms with E-state index in [1.54, 1.807) is 13.8 Å². The van der Waals surface area contributed by atoms with Crippen molar-refractivity contribution in [1.29, 1.82) is 0 Å². The number of carboxylic acid groups (broad SMARTS) is 1. The lowest BCUT2D eigenvalue weighted by molar-refractivity contribution is -0.149. The van der Waals surface area contributed by atoms with Gasteiger partial charge in [0.05, 0.1) is 18.4 Å². The number of aliphatic hydroxyl groups is 1. The van der Waals surface area contributed by atoms with Gasteiger partial charge in [0.15, 0.2) is 0 Å². The molecule has 6 heteroatoms. The Labute approximate surface area is 203 Å². The summed E-state index contributed by atoms with van der Waals surface area (Å²) in [6.45, 7) is 11.8. The van der Waals surface area contributed by atoms with Crippen molar-refractivity contribution in [3.63, 3.8) is 0 Å². The van der Waals surface area contributed by atoms with Crippen LogP contribution in [0.5, 0.6) is 0 Å². The molecule has 3 unspecified atom stereocenters. The van der Waals surface area contributed by atoms with Gasteiger partial charge in [-0.15, -0.1) is 0 Å². The number of aromatic nitrogens is 1. The molecule has 0 aliphatic heterocycles. The van der Waals surface area contributed by atoms with E-state index in [9.17, 15) is 9.59 Å². The molecule has 188 valence electrons. The Kier molecular flexibility index (Phi) is 13.0. The molecular weight excluding hydrogens is 430 g/mol. The van der Waals surface area contributed by atoms with Gasteiger partial charge < -0.3 is 19.5 Å². The minimum Gasteiger partial charge on any atom is -0.481 e. The number of carbonyl (C=O) groups excluding carboxylic acids is 1. The zero-order valence-corrected chi connectivity index (χ0v) is 21.5. The highest BCUT2D eigenvalue weighted by atomic mass is 16.5. The summed E-state index contributed by atoms with van der Waals surface area (Å²) in [6, 6.07) is 17.9. The van der Waals surface area contributed by atoms with Crippen LogP contribution in [0.1, 0.15) is 66.8 Å². The zero-order valence-electron chi connectivity index (χ0n) is 21.5. The van der Waals surface area contributed by atoms with Crippen LogP contribution in [-0.2, 0) is 14.3 Å². The van der Waals surface area contributed by atoms with Crippen molar-refractivity contribution in [2.45, 2.75) is 66.8 Å². The number of rotatable bonds is 8. The van der Waals surface area contributed by atoms with E-state index in [4.69, 9.17) is 10.2 Å². The summed E-state index contributed by atoms with van der Waals surface area (Å²) in [5.74, 6) is -1.16. The third-order valence-electron chi connectivity index (χ3n) is 6.03. The van der Waals surface area contributed by atoms with Crippen molar-refractivity contribution in [2.75, 3.05) is 13.2 Å². The average Bonchev–Trinajstić information content (AvgIpc) is 3.21. The molecule has 2 N–H and O–H groups in total. The molecular formula is C28H41NO5. The highest BCUT2D eigenvalue weighted by Crippen LogP contribution is 2.32. The largest absolute Gasteiger partial charge is 0.481 e. The SMILES string of the molecule is CCC(C)C(=O)O.CCC(C)C(=O)OCCO.CCC(C)n1c2ccccc2c2ccccc21. The van der Waals surface area contributed by atoms with Crippen molar-refractivity contribution in [2.24, 2.45) is 11.8 Å². The quantitative estimate of drug-likeness (QED) is 0.369. The molecule has 1 aromatic heterocycles. The number of para-hydroxylation sites is 2. The summed E-state index contributed by atoms with van der Waals surface area (Å²) in [4.78, 5) is 20.7. The number of carbonyl (C=O) groups is 2. The van der Waals surface area contributed by atoms with Crippen molar-refractivity contribution in [3.8, 4) is 0 Å². The van der Waals surface area contributed by atoms with E-state index >= 15 is 0 Å². The molecule has 3 rings (SSSR count). The molecule has 0 aliphatic rings. The molecule has 3 aromatic rings. The molecule has 0 radical (unpaired) electrons. The first-order chi connectivity index (χ1) is 16.2. The maximum Gasteiger partial charge on any atom is 0.308 e. The van der Waals surface area contributed by atoms with Crippen molar-refractivity contribution >= 4 is 33.7 Å².